The average Bonchev–Trinajstić information content (AvgIpc) is 2.77. The molecule has 0 unspecified atom stereocenters. The van der Waals surface area contributed by atoms with Crippen molar-refractivity contribution in [1.82, 2.24) is 5.32 Å². The van der Waals surface area contributed by atoms with Gasteiger partial charge in [-0.05, 0) is 62.7 Å². The molecule has 31 heavy (non-hydrogen) atoms. The fourth-order valence-electron chi connectivity index (χ4n) is 2.98. The molecular formula is C24H28N2O5. The van der Waals surface area contributed by atoms with Crippen LogP contribution >= 0.6 is 0 Å². The van der Waals surface area contributed by atoms with Crippen LogP contribution in [0.15, 0.2) is 42.5 Å². The topological polar surface area (TPSA) is 93.7 Å². The van der Waals surface area contributed by atoms with E-state index in [1.165, 1.54) is 0 Å². The summed E-state index contributed by atoms with van der Waals surface area (Å²) in [6.45, 7) is 6.88. The highest BCUT2D eigenvalue weighted by Crippen LogP contribution is 2.31. The third kappa shape index (κ3) is 6.07. The van der Waals surface area contributed by atoms with E-state index in [0.717, 1.165) is 6.42 Å². The Morgan fingerprint density at radius 2 is 1.55 bits per heavy atom. The Balaban J connectivity index is 1.50. The molecule has 0 spiro atoms. The fourth-order valence-corrected chi connectivity index (χ4v) is 2.98. The quantitative estimate of drug-likeness (QED) is 0.625. The molecule has 2 aromatic carbocycles. The molecule has 164 valence electrons. The van der Waals surface area contributed by atoms with Gasteiger partial charge in [0, 0.05) is 35.2 Å². The van der Waals surface area contributed by atoms with Crippen molar-refractivity contribution in [3.8, 4) is 11.5 Å². The monoisotopic (exact) mass is 424 g/mol. The van der Waals surface area contributed by atoms with Crippen LogP contribution in [0.5, 0.6) is 11.5 Å². The first-order valence-corrected chi connectivity index (χ1v) is 10.4. The lowest BCUT2D eigenvalue weighted by molar-refractivity contribution is -0.116. The number of carbonyl (C=O) groups is 3. The van der Waals surface area contributed by atoms with Crippen LogP contribution in [0.3, 0.4) is 0 Å². The maximum Gasteiger partial charge on any atom is 0.251 e. The average molecular weight is 424 g/mol. The van der Waals surface area contributed by atoms with E-state index in [9.17, 15) is 14.4 Å². The molecule has 7 nitrogen and oxygen atoms in total. The molecule has 0 saturated heterocycles. The van der Waals surface area contributed by atoms with Crippen LogP contribution in [0.1, 0.15) is 60.7 Å². The van der Waals surface area contributed by atoms with Gasteiger partial charge in [0.15, 0.2) is 17.3 Å². The highest BCUT2D eigenvalue weighted by molar-refractivity contribution is 6.00. The maximum atomic E-state index is 12.4. The summed E-state index contributed by atoms with van der Waals surface area (Å²) >= 11 is 0. The minimum Gasteiger partial charge on any atom is -0.486 e. The Labute approximate surface area is 182 Å². The SMILES string of the molecule is CCC(C)(C)NC(=O)c1ccc(NC(=O)CCC(=O)c2ccc3c(c2)OCCO3)cc1. The van der Waals surface area contributed by atoms with Gasteiger partial charge in [0.1, 0.15) is 13.2 Å². The lowest BCUT2D eigenvalue weighted by Crippen LogP contribution is -2.42. The summed E-state index contributed by atoms with van der Waals surface area (Å²) in [6, 6.07) is 11.7. The highest BCUT2D eigenvalue weighted by atomic mass is 16.6. The van der Waals surface area contributed by atoms with Gasteiger partial charge in [-0.15, -0.1) is 0 Å². The minimum absolute atomic E-state index is 0.0558. The zero-order valence-electron chi connectivity index (χ0n) is 18.1. The second kappa shape index (κ2) is 9.64. The molecule has 2 N–H and O–H groups in total. The van der Waals surface area contributed by atoms with Crippen molar-refractivity contribution in [3.05, 3.63) is 53.6 Å². The smallest absolute Gasteiger partial charge is 0.251 e. The van der Waals surface area contributed by atoms with E-state index < -0.39 is 0 Å². The van der Waals surface area contributed by atoms with Crippen molar-refractivity contribution in [3.63, 3.8) is 0 Å². The number of Topliss-reactive ketones (excluding diaryl/α,β-unsaturated/α-hetero) is 1. The summed E-state index contributed by atoms with van der Waals surface area (Å²) in [5, 5.41) is 5.73. The van der Waals surface area contributed by atoms with E-state index in [1.54, 1.807) is 42.5 Å². The van der Waals surface area contributed by atoms with Gasteiger partial charge in [-0.25, -0.2) is 0 Å². The Morgan fingerprint density at radius 3 is 2.23 bits per heavy atom. The predicted molar refractivity (Wildman–Crippen MR) is 118 cm³/mol. The number of amides is 2. The fraction of sp³-hybridized carbons (Fsp3) is 0.375. The van der Waals surface area contributed by atoms with Gasteiger partial charge >= 0.3 is 0 Å². The minimum atomic E-state index is -0.284. The van der Waals surface area contributed by atoms with Crippen LogP contribution in [0.25, 0.3) is 0 Å². The van der Waals surface area contributed by atoms with Gasteiger partial charge in [-0.3, -0.25) is 14.4 Å². The van der Waals surface area contributed by atoms with E-state index >= 15 is 0 Å². The van der Waals surface area contributed by atoms with Gasteiger partial charge in [-0.2, -0.15) is 0 Å². The second-order valence-corrected chi connectivity index (χ2v) is 8.10. The molecular weight excluding hydrogens is 396 g/mol. The van der Waals surface area contributed by atoms with Crippen LogP contribution in [-0.4, -0.2) is 36.4 Å². The first kappa shape index (κ1) is 22.3. The van der Waals surface area contributed by atoms with Crippen LogP contribution in [-0.2, 0) is 4.79 Å². The largest absolute Gasteiger partial charge is 0.486 e. The third-order valence-electron chi connectivity index (χ3n) is 5.21. The molecule has 1 aliphatic rings. The molecule has 1 aliphatic heterocycles. The van der Waals surface area contributed by atoms with Crippen molar-refractivity contribution in [2.45, 2.75) is 45.6 Å². The summed E-state index contributed by atoms with van der Waals surface area (Å²) in [4.78, 5) is 37.0. The summed E-state index contributed by atoms with van der Waals surface area (Å²) in [5.74, 6) is 0.603. The van der Waals surface area contributed by atoms with Crippen molar-refractivity contribution < 1.29 is 23.9 Å². The molecule has 2 amide bonds. The van der Waals surface area contributed by atoms with Crippen LogP contribution in [0.2, 0.25) is 0 Å². The molecule has 1 heterocycles. The van der Waals surface area contributed by atoms with Crippen LogP contribution in [0, 0.1) is 0 Å². The van der Waals surface area contributed by atoms with Crippen molar-refractivity contribution >= 4 is 23.3 Å². The van der Waals surface area contributed by atoms with Crippen molar-refractivity contribution in [1.29, 1.82) is 0 Å². The number of rotatable bonds is 8. The number of nitrogens with one attached hydrogen (secondary N) is 2. The summed E-state index contributed by atoms with van der Waals surface area (Å²) in [7, 11) is 0. The van der Waals surface area contributed by atoms with Crippen molar-refractivity contribution in [2.75, 3.05) is 18.5 Å². The molecule has 0 saturated carbocycles. The van der Waals surface area contributed by atoms with E-state index in [-0.39, 0.29) is 36.0 Å². The number of hydrogen-bond donors (Lipinski definition) is 2. The summed E-state index contributed by atoms with van der Waals surface area (Å²) in [6.07, 6.45) is 0.954. The number of benzene rings is 2. The lowest BCUT2D eigenvalue weighted by atomic mass is 10.0. The molecule has 0 aliphatic carbocycles. The maximum absolute atomic E-state index is 12.4. The molecule has 2 aromatic rings. The first-order chi connectivity index (χ1) is 14.8. The number of ether oxygens (including phenoxy) is 2. The van der Waals surface area contributed by atoms with Gasteiger partial charge in [0.2, 0.25) is 5.91 Å². The van der Waals surface area contributed by atoms with Crippen molar-refractivity contribution in [2.24, 2.45) is 0 Å². The number of fused-ring (bicyclic) bond motifs is 1. The zero-order valence-corrected chi connectivity index (χ0v) is 18.1. The van der Waals surface area contributed by atoms with E-state index in [2.05, 4.69) is 10.6 Å². The standard InChI is InChI=1S/C24H28N2O5/c1-4-24(2,3)26-23(29)16-5-8-18(9-6-16)25-22(28)12-10-19(27)17-7-11-20-21(15-17)31-14-13-30-20/h5-9,11,15H,4,10,12-14H2,1-3H3,(H,25,28)(H,26,29). The molecule has 0 fully saturated rings. The predicted octanol–water partition coefficient (Wildman–Crippen LogP) is 3.98. The van der Waals surface area contributed by atoms with E-state index in [1.807, 2.05) is 20.8 Å². The van der Waals surface area contributed by atoms with E-state index in [0.29, 0.717) is 41.5 Å². The van der Waals surface area contributed by atoms with Gasteiger partial charge in [-0.1, -0.05) is 6.92 Å². The van der Waals surface area contributed by atoms with Gasteiger partial charge in [0.25, 0.3) is 5.91 Å². The highest BCUT2D eigenvalue weighted by Gasteiger charge is 2.19. The second-order valence-electron chi connectivity index (χ2n) is 8.10. The number of carbonyl (C=O) groups excluding carboxylic acids is 3. The van der Waals surface area contributed by atoms with Crippen LogP contribution in [0.4, 0.5) is 5.69 Å². The van der Waals surface area contributed by atoms with Gasteiger partial charge < -0.3 is 20.1 Å². The molecule has 0 radical (unpaired) electrons. The Hall–Kier alpha value is -3.35. The molecule has 0 aromatic heterocycles. The zero-order chi connectivity index (χ0) is 22.4. The molecule has 0 atom stereocenters. The third-order valence-corrected chi connectivity index (χ3v) is 5.21. The molecule has 0 bridgehead atoms. The normalized spacial score (nSPS) is 12.7. The van der Waals surface area contributed by atoms with Crippen LogP contribution < -0.4 is 20.1 Å². The summed E-state index contributed by atoms with van der Waals surface area (Å²) in [5.41, 5.74) is 1.30. The molecule has 3 rings (SSSR count). The Bertz CT molecular complexity index is 966. The number of ketones is 1. The number of anilines is 1. The Kier molecular flexibility index (Phi) is 6.95. The first-order valence-electron chi connectivity index (χ1n) is 10.4. The lowest BCUT2D eigenvalue weighted by Gasteiger charge is -2.24. The Morgan fingerprint density at radius 1 is 0.903 bits per heavy atom. The number of hydrogen-bond acceptors (Lipinski definition) is 5. The van der Waals surface area contributed by atoms with Gasteiger partial charge in [0.05, 0.1) is 0 Å². The summed E-state index contributed by atoms with van der Waals surface area (Å²) < 4.78 is 10.9. The van der Waals surface area contributed by atoms with E-state index in [4.69, 9.17) is 9.47 Å². The molecule has 7 heteroatoms.